The number of carbonyl (C=O) groups excluding carboxylic acids is 1. The quantitative estimate of drug-likeness (QED) is 0.102. The number of benzene rings is 3. The van der Waals surface area contributed by atoms with Gasteiger partial charge in [0.05, 0.1) is 0 Å². The molecule has 0 fully saturated rings. The van der Waals surface area contributed by atoms with E-state index in [4.69, 9.17) is 11.6 Å². The number of thioether (sulfide) groups is 1. The Labute approximate surface area is 211 Å². The summed E-state index contributed by atoms with van der Waals surface area (Å²) in [6.45, 7) is 4.45. The lowest BCUT2D eigenvalue weighted by atomic mass is 9.71. The van der Waals surface area contributed by atoms with Crippen molar-refractivity contribution < 1.29 is 10.0 Å². The number of nitrogens with zero attached hydrogens (tertiary/aromatic N) is 1. The number of ketones is 1. The molecule has 0 aromatic heterocycles. The van der Waals surface area contributed by atoms with Crippen molar-refractivity contribution in [1.29, 1.82) is 0 Å². The van der Waals surface area contributed by atoms with Crippen molar-refractivity contribution in [2.45, 2.75) is 56.3 Å². The van der Waals surface area contributed by atoms with Crippen molar-refractivity contribution in [2.24, 2.45) is 5.16 Å². The second-order valence-corrected chi connectivity index (χ2v) is 10.4. The van der Waals surface area contributed by atoms with E-state index >= 15 is 0 Å². The third-order valence-corrected chi connectivity index (χ3v) is 7.95. The Bertz CT molecular complexity index is 1200. The van der Waals surface area contributed by atoms with Gasteiger partial charge in [-0.25, -0.2) is 0 Å². The minimum Gasteiger partial charge on any atom is -0.411 e. The second-order valence-electron chi connectivity index (χ2n) is 8.82. The van der Waals surface area contributed by atoms with E-state index in [1.54, 1.807) is 11.8 Å². The van der Waals surface area contributed by atoms with Crippen LogP contribution in [0.5, 0.6) is 0 Å². The molecule has 3 nitrogen and oxygen atoms in total. The number of rotatable bonds is 10. The third kappa shape index (κ3) is 4.67. The van der Waals surface area contributed by atoms with Gasteiger partial charge in [-0.05, 0) is 65.4 Å². The van der Waals surface area contributed by atoms with Gasteiger partial charge in [0, 0.05) is 33.1 Å². The largest absolute Gasteiger partial charge is 0.411 e. The fraction of sp³-hybridized carbons (Fsp3) is 0.310. The van der Waals surface area contributed by atoms with Crippen molar-refractivity contribution in [2.75, 3.05) is 5.75 Å². The van der Waals surface area contributed by atoms with E-state index in [9.17, 15) is 10.0 Å². The number of fused-ring (bicyclic) bond motifs is 3. The Morgan fingerprint density at radius 2 is 1.62 bits per heavy atom. The van der Waals surface area contributed by atoms with Crippen LogP contribution in [-0.2, 0) is 5.41 Å². The predicted molar refractivity (Wildman–Crippen MR) is 143 cm³/mol. The lowest BCUT2D eigenvalue weighted by Gasteiger charge is -2.32. The Hall–Kier alpha value is -2.56. The lowest BCUT2D eigenvalue weighted by molar-refractivity contribution is 0.105. The van der Waals surface area contributed by atoms with Crippen molar-refractivity contribution in [3.63, 3.8) is 0 Å². The van der Waals surface area contributed by atoms with Crippen molar-refractivity contribution in [1.82, 2.24) is 0 Å². The van der Waals surface area contributed by atoms with E-state index in [0.717, 1.165) is 30.6 Å². The van der Waals surface area contributed by atoms with Crippen LogP contribution in [0.4, 0.5) is 0 Å². The smallest absolute Gasteiger partial charge is 0.210 e. The summed E-state index contributed by atoms with van der Waals surface area (Å²) in [5.74, 6) is 0.429. The van der Waals surface area contributed by atoms with Gasteiger partial charge in [-0.1, -0.05) is 79.8 Å². The minimum absolute atomic E-state index is 0.0767. The number of halogens is 1. The minimum atomic E-state index is -0.208. The average Bonchev–Trinajstić information content (AvgIpc) is 3.12. The van der Waals surface area contributed by atoms with Gasteiger partial charge in [0.1, 0.15) is 5.71 Å². The summed E-state index contributed by atoms with van der Waals surface area (Å²) in [5, 5.41) is 13.7. The average molecular weight is 492 g/mol. The molecule has 0 radical (unpaired) electrons. The topological polar surface area (TPSA) is 49.7 Å². The van der Waals surface area contributed by atoms with Crippen molar-refractivity contribution in [3.8, 4) is 11.1 Å². The fourth-order valence-corrected chi connectivity index (χ4v) is 6.27. The molecule has 1 N–H and O–H groups in total. The first-order valence-corrected chi connectivity index (χ1v) is 13.3. The number of hydrogen-bond acceptors (Lipinski definition) is 4. The molecular weight excluding hydrogens is 462 g/mol. The number of hydrogen-bond donors (Lipinski definition) is 1. The molecule has 0 spiro atoms. The molecule has 1 aliphatic carbocycles. The molecule has 1 aliphatic rings. The van der Waals surface area contributed by atoms with Crippen LogP contribution in [-0.4, -0.2) is 22.5 Å². The molecule has 0 unspecified atom stereocenters. The van der Waals surface area contributed by atoms with E-state index in [0.29, 0.717) is 22.8 Å². The molecule has 0 saturated heterocycles. The molecular formula is C29H30ClNO2S. The SMILES string of the molecule is CCCC1(CCC)c2ccccc2-c2ccc(C(=O)C(CCSc3ccc(Cl)cc3)=NO)cc21. The van der Waals surface area contributed by atoms with Crippen molar-refractivity contribution >= 4 is 34.9 Å². The summed E-state index contributed by atoms with van der Waals surface area (Å²) >= 11 is 7.56. The molecule has 0 amide bonds. The van der Waals surface area contributed by atoms with Crippen LogP contribution in [0.15, 0.2) is 76.8 Å². The molecule has 0 atom stereocenters. The summed E-state index contributed by atoms with van der Waals surface area (Å²) in [4.78, 5) is 14.4. The molecule has 5 heteroatoms. The van der Waals surface area contributed by atoms with Gasteiger partial charge in [-0.2, -0.15) is 0 Å². The van der Waals surface area contributed by atoms with Gasteiger partial charge in [0.15, 0.2) is 0 Å². The maximum atomic E-state index is 13.3. The van der Waals surface area contributed by atoms with Crippen LogP contribution in [0.25, 0.3) is 11.1 Å². The van der Waals surface area contributed by atoms with Crippen LogP contribution in [0.3, 0.4) is 0 Å². The maximum Gasteiger partial charge on any atom is 0.210 e. The highest BCUT2D eigenvalue weighted by molar-refractivity contribution is 7.99. The summed E-state index contributed by atoms with van der Waals surface area (Å²) < 4.78 is 0. The van der Waals surface area contributed by atoms with Gasteiger partial charge in [-0.3, -0.25) is 4.79 Å². The van der Waals surface area contributed by atoms with Gasteiger partial charge < -0.3 is 5.21 Å². The molecule has 3 aromatic rings. The monoisotopic (exact) mass is 491 g/mol. The molecule has 3 aromatic carbocycles. The highest BCUT2D eigenvalue weighted by atomic mass is 35.5. The van der Waals surface area contributed by atoms with Crippen LogP contribution in [0.2, 0.25) is 5.02 Å². The van der Waals surface area contributed by atoms with E-state index in [2.05, 4.69) is 55.4 Å². The van der Waals surface area contributed by atoms with Crippen LogP contribution >= 0.6 is 23.4 Å². The highest BCUT2D eigenvalue weighted by Gasteiger charge is 2.41. The van der Waals surface area contributed by atoms with Gasteiger partial charge in [0.25, 0.3) is 0 Å². The predicted octanol–water partition coefficient (Wildman–Crippen LogP) is 8.40. The zero-order valence-corrected chi connectivity index (χ0v) is 21.3. The van der Waals surface area contributed by atoms with Crippen molar-refractivity contribution in [3.05, 3.63) is 88.4 Å². The summed E-state index contributed by atoms with van der Waals surface area (Å²) in [6, 6.07) is 22.2. The molecule has 34 heavy (non-hydrogen) atoms. The zero-order valence-electron chi connectivity index (χ0n) is 19.7. The number of Topliss-reactive ketones (excluding diaryl/α,β-unsaturated/α-hetero) is 1. The Morgan fingerprint density at radius 3 is 2.29 bits per heavy atom. The van der Waals surface area contributed by atoms with E-state index in [-0.39, 0.29) is 16.9 Å². The van der Waals surface area contributed by atoms with Crippen LogP contribution in [0.1, 0.15) is 67.4 Å². The Balaban J connectivity index is 1.60. The van der Waals surface area contributed by atoms with E-state index in [1.165, 1.54) is 22.3 Å². The van der Waals surface area contributed by atoms with E-state index in [1.807, 2.05) is 30.3 Å². The Kier molecular flexibility index (Phi) is 7.80. The summed E-state index contributed by atoms with van der Waals surface area (Å²) in [5.41, 5.74) is 5.79. The van der Waals surface area contributed by atoms with Gasteiger partial charge in [0.2, 0.25) is 5.78 Å². The first-order chi connectivity index (χ1) is 16.5. The first kappa shape index (κ1) is 24.6. The third-order valence-electron chi connectivity index (χ3n) is 6.69. The second kappa shape index (κ2) is 10.8. The first-order valence-electron chi connectivity index (χ1n) is 11.9. The molecule has 4 rings (SSSR count). The molecule has 0 aliphatic heterocycles. The Morgan fingerprint density at radius 1 is 0.941 bits per heavy atom. The number of oxime groups is 1. The fourth-order valence-electron chi connectivity index (χ4n) is 5.29. The van der Waals surface area contributed by atoms with Gasteiger partial charge in [-0.15, -0.1) is 11.8 Å². The van der Waals surface area contributed by atoms with Gasteiger partial charge >= 0.3 is 0 Å². The molecule has 0 heterocycles. The molecule has 176 valence electrons. The zero-order chi connectivity index (χ0) is 24.1. The summed E-state index contributed by atoms with van der Waals surface area (Å²) in [7, 11) is 0. The molecule has 0 bridgehead atoms. The number of carbonyl (C=O) groups is 1. The maximum absolute atomic E-state index is 13.3. The van der Waals surface area contributed by atoms with Crippen LogP contribution in [0, 0.1) is 0 Å². The molecule has 0 saturated carbocycles. The highest BCUT2D eigenvalue weighted by Crippen LogP contribution is 2.53. The van der Waals surface area contributed by atoms with E-state index < -0.39 is 0 Å². The standard InChI is InChI=1S/C29H30ClNO2S/c1-3-16-29(17-4-2)25-8-6-5-7-23(25)24-14-9-20(19-26(24)29)28(32)27(31-33)15-18-34-22-12-10-21(30)11-13-22/h5-14,19,33H,3-4,15-18H2,1-2H3. The van der Waals surface area contributed by atoms with Crippen LogP contribution < -0.4 is 0 Å². The summed E-state index contributed by atoms with van der Waals surface area (Å²) in [6.07, 6.45) is 4.60. The lowest BCUT2D eigenvalue weighted by Crippen LogP contribution is -2.25. The normalized spacial score (nSPS) is 14.0.